The zero-order valence-electron chi connectivity index (χ0n) is 15.5. The van der Waals surface area contributed by atoms with Gasteiger partial charge in [-0.2, -0.15) is 0 Å². The van der Waals surface area contributed by atoms with Crippen LogP contribution in [-0.2, 0) is 24.5 Å². The van der Waals surface area contributed by atoms with Gasteiger partial charge in [0, 0.05) is 34.5 Å². The van der Waals surface area contributed by atoms with Crippen molar-refractivity contribution in [2.24, 2.45) is 5.11 Å². The van der Waals surface area contributed by atoms with Gasteiger partial charge in [0.1, 0.15) is 29.3 Å². The summed E-state index contributed by atoms with van der Waals surface area (Å²) in [5.41, 5.74) is 9.08. The van der Waals surface area contributed by atoms with Gasteiger partial charge in [0.25, 0.3) is 0 Å². The number of hydrogen-bond donors (Lipinski definition) is 1. The van der Waals surface area contributed by atoms with Crippen molar-refractivity contribution < 1.29 is 18.9 Å². The molecule has 2 saturated heterocycles. The zero-order valence-corrected chi connectivity index (χ0v) is 17.9. The maximum absolute atomic E-state index is 9.51. The first-order chi connectivity index (χ1) is 14.1. The summed E-state index contributed by atoms with van der Waals surface area (Å²) in [6, 6.07) is 11.4. The molecule has 6 atom stereocenters. The monoisotopic (exact) mass is 478 g/mol. The van der Waals surface area contributed by atoms with Crippen molar-refractivity contribution in [3.8, 4) is 0 Å². The molecule has 29 heavy (non-hydrogen) atoms. The third-order valence-corrected chi connectivity index (χ3v) is 5.99. The fourth-order valence-corrected chi connectivity index (χ4v) is 4.81. The minimum absolute atomic E-state index is 0.252. The second-order valence-corrected chi connectivity index (χ2v) is 8.19. The normalized spacial score (nSPS) is 34.1. The molecule has 2 unspecified atom stereocenters. The lowest BCUT2D eigenvalue weighted by Crippen LogP contribution is -2.66. The summed E-state index contributed by atoms with van der Waals surface area (Å²) in [5.74, 6) is 0. The molecule has 1 aromatic carbocycles. The van der Waals surface area contributed by atoms with Gasteiger partial charge < -0.3 is 18.9 Å². The minimum Gasteiger partial charge on any atom is -0.377 e. The van der Waals surface area contributed by atoms with Crippen molar-refractivity contribution in [1.82, 2.24) is 4.98 Å². The van der Waals surface area contributed by atoms with Gasteiger partial charge in [-0.3, -0.25) is 4.98 Å². The van der Waals surface area contributed by atoms with Crippen molar-refractivity contribution in [2.75, 3.05) is 13.7 Å². The molecule has 2 aliphatic rings. The van der Waals surface area contributed by atoms with Gasteiger partial charge in [-0.1, -0.05) is 35.4 Å². The highest BCUT2D eigenvalue weighted by Gasteiger charge is 2.60. The third kappa shape index (κ3) is 3.66. The maximum Gasteiger partial charge on any atom is 0.184 e. The highest BCUT2D eigenvalue weighted by atomic mass is 79.9. The second kappa shape index (κ2) is 8.61. The maximum atomic E-state index is 9.51. The molecule has 8 nitrogen and oxygen atoms in total. The molecule has 0 radical (unpaired) electrons. The average Bonchev–Trinajstić information content (AvgIpc) is 2.74. The summed E-state index contributed by atoms with van der Waals surface area (Å²) in [4.78, 5) is 7.41. The van der Waals surface area contributed by atoms with Gasteiger partial charge in [-0.25, -0.2) is 0 Å². The molecular formula is C19H19BrN4O4S. The van der Waals surface area contributed by atoms with Gasteiger partial charge in [-0.15, -0.1) is 12.6 Å². The number of pyridine rings is 1. The summed E-state index contributed by atoms with van der Waals surface area (Å²) >= 11 is 8.00. The first kappa shape index (κ1) is 20.6. The molecule has 0 spiro atoms. The minimum atomic E-state index is -1.26. The number of halogens is 1. The molecule has 3 heterocycles. The van der Waals surface area contributed by atoms with Crippen LogP contribution in [0.25, 0.3) is 10.4 Å². The molecule has 0 N–H and O–H groups in total. The number of fused-ring (bicyclic) bond motifs is 1. The number of nitrogens with zero attached hydrogens (tertiary/aromatic N) is 4. The van der Waals surface area contributed by atoms with E-state index in [4.69, 9.17) is 18.9 Å². The largest absolute Gasteiger partial charge is 0.377 e. The third-order valence-electron chi connectivity index (χ3n) is 5.16. The Kier molecular flexibility index (Phi) is 6.12. The average molecular weight is 479 g/mol. The van der Waals surface area contributed by atoms with Crippen LogP contribution in [-0.4, -0.2) is 42.4 Å². The Hall–Kier alpha value is -1.65. The van der Waals surface area contributed by atoms with E-state index in [2.05, 4.69) is 43.6 Å². The molecule has 4 rings (SSSR count). The zero-order chi connectivity index (χ0) is 20.4. The van der Waals surface area contributed by atoms with E-state index in [1.807, 2.05) is 36.4 Å². The van der Waals surface area contributed by atoms with E-state index in [1.54, 1.807) is 12.4 Å². The van der Waals surface area contributed by atoms with E-state index in [-0.39, 0.29) is 6.61 Å². The predicted octanol–water partition coefficient (Wildman–Crippen LogP) is 4.13. The van der Waals surface area contributed by atoms with Crippen LogP contribution in [0.4, 0.5) is 0 Å². The highest BCUT2D eigenvalue weighted by Crippen LogP contribution is 2.49. The summed E-state index contributed by atoms with van der Waals surface area (Å²) in [6.45, 7) is 0.252. The Bertz CT molecular complexity index is 916. The topological polar surface area (TPSA) is 98.6 Å². The Morgan fingerprint density at radius 1 is 1.31 bits per heavy atom. The number of aromatic nitrogens is 1. The first-order valence-corrected chi connectivity index (χ1v) is 10.3. The summed E-state index contributed by atoms with van der Waals surface area (Å²) in [7, 11) is 1.53. The molecule has 0 saturated carbocycles. The van der Waals surface area contributed by atoms with Crippen molar-refractivity contribution in [2.45, 2.75) is 35.6 Å². The lowest BCUT2D eigenvalue weighted by Gasteiger charge is -2.53. The fourth-order valence-electron chi connectivity index (χ4n) is 3.94. The number of ether oxygens (including phenoxy) is 4. The van der Waals surface area contributed by atoms with Crippen molar-refractivity contribution in [3.63, 3.8) is 0 Å². The highest BCUT2D eigenvalue weighted by molar-refractivity contribution is 9.10. The van der Waals surface area contributed by atoms with E-state index < -0.39 is 35.6 Å². The van der Waals surface area contributed by atoms with Gasteiger partial charge in [0.05, 0.1) is 6.61 Å². The Labute approximate surface area is 181 Å². The van der Waals surface area contributed by atoms with Crippen molar-refractivity contribution in [1.29, 1.82) is 0 Å². The number of hydrogen-bond acceptors (Lipinski definition) is 7. The van der Waals surface area contributed by atoms with E-state index in [9.17, 15) is 5.53 Å². The SMILES string of the molecule is CO[C@H]1[C@@H](S)O[C@@H]2COC(c3ccccc3)O[C@@H]2C1(N=[N+]=[N-])c1cncc(Br)c1. The quantitative estimate of drug-likeness (QED) is 0.308. The molecule has 152 valence electrons. The predicted molar refractivity (Wildman–Crippen MR) is 111 cm³/mol. The standard InChI is InChI=1S/C19H19BrN4O4S/c1-25-16-18(29)27-14-10-26-17(11-5-3-2-4-6-11)28-15(14)19(16,23-24-21)12-7-13(20)9-22-8-12/h2-9,14-18,29H,10H2,1H3/t14-,15+,16+,17?,18-,19?/m1/s1. The van der Waals surface area contributed by atoms with Crippen LogP contribution < -0.4 is 0 Å². The molecule has 2 aliphatic heterocycles. The van der Waals surface area contributed by atoms with E-state index in [0.717, 1.165) is 10.0 Å². The van der Waals surface area contributed by atoms with Crippen LogP contribution in [0.2, 0.25) is 0 Å². The Balaban J connectivity index is 1.84. The first-order valence-electron chi connectivity index (χ1n) is 8.95. The summed E-state index contributed by atoms with van der Waals surface area (Å²) in [6.07, 6.45) is 0.763. The van der Waals surface area contributed by atoms with Crippen LogP contribution in [0.15, 0.2) is 58.4 Å². The number of thiol groups is 1. The number of azide groups is 1. The smallest absolute Gasteiger partial charge is 0.184 e. The molecule has 0 bridgehead atoms. The molecule has 0 aliphatic carbocycles. The second-order valence-electron chi connectivity index (χ2n) is 6.76. The number of methoxy groups -OCH3 is 1. The van der Waals surface area contributed by atoms with Crippen LogP contribution in [0.5, 0.6) is 0 Å². The molecule has 10 heteroatoms. The van der Waals surface area contributed by atoms with Gasteiger partial charge >= 0.3 is 0 Å². The summed E-state index contributed by atoms with van der Waals surface area (Å²) in [5, 5.41) is 4.23. The molecule has 2 fully saturated rings. The van der Waals surface area contributed by atoms with Crippen LogP contribution >= 0.6 is 28.6 Å². The number of benzene rings is 1. The fraction of sp³-hybridized carbons (Fsp3) is 0.421. The lowest BCUT2D eigenvalue weighted by molar-refractivity contribution is -0.317. The molecule has 2 aromatic rings. The van der Waals surface area contributed by atoms with E-state index in [0.29, 0.717) is 5.56 Å². The van der Waals surface area contributed by atoms with Crippen LogP contribution in [0.3, 0.4) is 0 Å². The molecule has 0 amide bonds. The Morgan fingerprint density at radius 2 is 2.10 bits per heavy atom. The molecular weight excluding hydrogens is 460 g/mol. The van der Waals surface area contributed by atoms with Crippen molar-refractivity contribution in [3.05, 3.63) is 74.8 Å². The van der Waals surface area contributed by atoms with Gasteiger partial charge in [0.2, 0.25) is 0 Å². The van der Waals surface area contributed by atoms with Gasteiger partial charge in [0.15, 0.2) is 6.29 Å². The van der Waals surface area contributed by atoms with Crippen molar-refractivity contribution >= 4 is 28.6 Å². The molecule has 1 aromatic heterocycles. The van der Waals surface area contributed by atoms with Gasteiger partial charge in [-0.05, 0) is 33.1 Å². The van der Waals surface area contributed by atoms with Crippen LogP contribution in [0.1, 0.15) is 17.4 Å². The lowest BCUT2D eigenvalue weighted by atomic mass is 9.76. The van der Waals surface area contributed by atoms with E-state index >= 15 is 0 Å². The van der Waals surface area contributed by atoms with E-state index in [1.165, 1.54) is 7.11 Å². The summed E-state index contributed by atoms with van der Waals surface area (Å²) < 4.78 is 24.7. The number of rotatable bonds is 4. The Morgan fingerprint density at radius 3 is 2.79 bits per heavy atom. The van der Waals surface area contributed by atoms with Crippen LogP contribution in [0, 0.1) is 0 Å².